The van der Waals surface area contributed by atoms with Gasteiger partial charge in [0.25, 0.3) is 5.91 Å². The fraction of sp³-hybridized carbons (Fsp3) is 0.300. The van der Waals surface area contributed by atoms with E-state index in [0.717, 1.165) is 31.5 Å². The molecule has 1 saturated heterocycles. The Hall–Kier alpha value is -4.61. The number of hydrogen-bond acceptors (Lipinski definition) is 8. The van der Waals surface area contributed by atoms with Crippen LogP contribution in [0.5, 0.6) is 11.6 Å². The third-order valence-corrected chi connectivity index (χ3v) is 7.35. The van der Waals surface area contributed by atoms with Gasteiger partial charge >= 0.3 is 0 Å². The molecule has 0 spiro atoms. The highest BCUT2D eigenvalue weighted by Crippen LogP contribution is 2.48. The SMILES string of the molecule is C=NCC1(c2cccc(C(=O)Nc3cccc(Oc4ccc5nc(NC(=O)CN6CCOCC6)cn5n4)c3)c2)CC1. The van der Waals surface area contributed by atoms with Gasteiger partial charge in [-0.15, -0.1) is 5.10 Å². The zero-order valence-corrected chi connectivity index (χ0v) is 22.6. The van der Waals surface area contributed by atoms with Gasteiger partial charge < -0.3 is 25.1 Å². The van der Waals surface area contributed by atoms with E-state index in [4.69, 9.17) is 9.47 Å². The molecule has 0 atom stereocenters. The lowest BCUT2D eigenvalue weighted by Crippen LogP contribution is -2.41. The van der Waals surface area contributed by atoms with E-state index in [-0.39, 0.29) is 23.8 Å². The van der Waals surface area contributed by atoms with E-state index in [2.05, 4.69) is 38.5 Å². The highest BCUT2D eigenvalue weighted by Gasteiger charge is 2.44. The maximum absolute atomic E-state index is 13.0. The Morgan fingerprint density at radius 1 is 1.05 bits per heavy atom. The van der Waals surface area contributed by atoms with E-state index in [1.807, 2.05) is 17.0 Å². The van der Waals surface area contributed by atoms with Crippen LogP contribution < -0.4 is 15.4 Å². The normalized spacial score (nSPS) is 16.2. The molecule has 11 nitrogen and oxygen atoms in total. The number of imidazole rings is 1. The highest BCUT2D eigenvalue weighted by molar-refractivity contribution is 6.04. The zero-order valence-electron chi connectivity index (χ0n) is 22.6. The molecule has 0 unspecified atom stereocenters. The van der Waals surface area contributed by atoms with Crippen LogP contribution in [0.2, 0.25) is 0 Å². The van der Waals surface area contributed by atoms with Crippen molar-refractivity contribution in [3.05, 3.63) is 78.0 Å². The number of aliphatic imine (C=N–C) groups is 1. The fourth-order valence-corrected chi connectivity index (χ4v) is 4.98. The molecule has 0 bridgehead atoms. The molecule has 0 radical (unpaired) electrons. The molecule has 2 aromatic carbocycles. The Balaban J connectivity index is 1.09. The number of ether oxygens (including phenoxy) is 2. The van der Waals surface area contributed by atoms with Gasteiger partial charge in [0.15, 0.2) is 11.5 Å². The Bertz CT molecular complexity index is 1590. The van der Waals surface area contributed by atoms with Crippen LogP contribution in [0, 0.1) is 0 Å². The van der Waals surface area contributed by atoms with E-state index in [1.165, 1.54) is 0 Å². The summed E-state index contributed by atoms with van der Waals surface area (Å²) in [5.74, 6) is 0.917. The van der Waals surface area contributed by atoms with Crippen LogP contribution in [0.3, 0.4) is 0 Å². The number of benzene rings is 2. The molecular weight excluding hydrogens is 522 g/mol. The monoisotopic (exact) mass is 553 g/mol. The van der Waals surface area contributed by atoms with Crippen molar-refractivity contribution >= 4 is 35.7 Å². The van der Waals surface area contributed by atoms with Crippen LogP contribution in [0.4, 0.5) is 11.5 Å². The van der Waals surface area contributed by atoms with Gasteiger partial charge in [0, 0.05) is 48.4 Å². The molecule has 1 saturated carbocycles. The zero-order chi connectivity index (χ0) is 28.2. The molecule has 2 amide bonds. The average Bonchev–Trinajstić information content (AvgIpc) is 3.65. The summed E-state index contributed by atoms with van der Waals surface area (Å²) in [5, 5.41) is 10.2. The van der Waals surface area contributed by atoms with Crippen molar-refractivity contribution in [1.29, 1.82) is 0 Å². The molecule has 2 fully saturated rings. The van der Waals surface area contributed by atoms with Crippen molar-refractivity contribution in [3.8, 4) is 11.6 Å². The first-order valence-corrected chi connectivity index (χ1v) is 13.6. The Morgan fingerprint density at radius 3 is 2.68 bits per heavy atom. The van der Waals surface area contributed by atoms with Crippen LogP contribution in [-0.4, -0.2) is 77.4 Å². The third kappa shape index (κ3) is 6.26. The minimum absolute atomic E-state index is 0.0183. The van der Waals surface area contributed by atoms with Gasteiger partial charge in [-0.1, -0.05) is 18.2 Å². The van der Waals surface area contributed by atoms with Gasteiger partial charge in [0.2, 0.25) is 11.8 Å². The van der Waals surface area contributed by atoms with Crippen LogP contribution in [0.25, 0.3) is 5.65 Å². The van der Waals surface area contributed by atoms with E-state index in [9.17, 15) is 9.59 Å². The van der Waals surface area contributed by atoms with Crippen LogP contribution in [0.15, 0.2) is 71.9 Å². The number of morpholine rings is 1. The lowest BCUT2D eigenvalue weighted by molar-refractivity contribution is -0.118. The fourth-order valence-electron chi connectivity index (χ4n) is 4.98. The van der Waals surface area contributed by atoms with Gasteiger partial charge in [0.05, 0.1) is 26.0 Å². The lowest BCUT2D eigenvalue weighted by Gasteiger charge is -2.25. The molecular formula is C30H31N7O4. The molecule has 6 rings (SSSR count). The number of anilines is 2. The Kier molecular flexibility index (Phi) is 7.45. The number of carbonyl (C=O) groups excluding carboxylic acids is 2. The van der Waals surface area contributed by atoms with Crippen molar-refractivity contribution in [3.63, 3.8) is 0 Å². The molecule has 2 aliphatic rings. The first-order valence-electron chi connectivity index (χ1n) is 13.6. The first kappa shape index (κ1) is 26.6. The number of rotatable bonds is 10. The molecule has 1 aliphatic heterocycles. The smallest absolute Gasteiger partial charge is 0.255 e. The molecule has 4 aromatic rings. The number of hydrogen-bond donors (Lipinski definition) is 2. The number of nitrogens with one attached hydrogen (secondary N) is 2. The third-order valence-electron chi connectivity index (χ3n) is 7.35. The van der Waals surface area contributed by atoms with Gasteiger partial charge in [0.1, 0.15) is 5.75 Å². The number of aromatic nitrogens is 3. The standard InChI is InChI=1S/C30H31N7O4/c1-31-20-30(10-11-30)22-5-2-4-21(16-22)29(39)32-23-6-3-7-24(17-23)41-28-9-8-26-33-25(18-37(26)35-28)34-27(38)19-36-12-14-40-15-13-36/h2-9,16-18H,1,10-15,19-20H2,(H,32,39)(H,34,38). The second kappa shape index (κ2) is 11.5. The highest BCUT2D eigenvalue weighted by atomic mass is 16.5. The van der Waals surface area contributed by atoms with Crippen molar-refractivity contribution in [2.45, 2.75) is 18.3 Å². The molecule has 41 heavy (non-hydrogen) atoms. The van der Waals surface area contributed by atoms with Gasteiger partial charge in [-0.25, -0.2) is 9.50 Å². The minimum Gasteiger partial charge on any atom is -0.438 e. The molecule has 2 N–H and O–H groups in total. The number of amides is 2. The van der Waals surface area contributed by atoms with E-state index >= 15 is 0 Å². The average molecular weight is 554 g/mol. The summed E-state index contributed by atoms with van der Waals surface area (Å²) in [6, 6.07) is 18.3. The van der Waals surface area contributed by atoms with Crippen molar-refractivity contribution in [2.75, 3.05) is 50.0 Å². The summed E-state index contributed by atoms with van der Waals surface area (Å²) >= 11 is 0. The summed E-state index contributed by atoms with van der Waals surface area (Å²) in [6.45, 7) is 7.31. The van der Waals surface area contributed by atoms with Crippen molar-refractivity contribution in [1.82, 2.24) is 19.5 Å². The van der Waals surface area contributed by atoms with Crippen LogP contribution in [-0.2, 0) is 14.9 Å². The minimum atomic E-state index is -0.201. The van der Waals surface area contributed by atoms with Crippen molar-refractivity contribution < 1.29 is 19.1 Å². The maximum Gasteiger partial charge on any atom is 0.255 e. The van der Waals surface area contributed by atoms with Crippen molar-refractivity contribution in [2.24, 2.45) is 4.99 Å². The topological polar surface area (TPSA) is 122 Å². The Labute approximate surface area is 237 Å². The predicted molar refractivity (Wildman–Crippen MR) is 155 cm³/mol. The summed E-state index contributed by atoms with van der Waals surface area (Å²) in [5.41, 5.74) is 2.89. The number of nitrogens with zero attached hydrogens (tertiary/aromatic N) is 5. The van der Waals surface area contributed by atoms with E-state index < -0.39 is 0 Å². The summed E-state index contributed by atoms with van der Waals surface area (Å²) in [6.07, 6.45) is 3.75. The van der Waals surface area contributed by atoms with Crippen LogP contribution in [0.1, 0.15) is 28.8 Å². The van der Waals surface area contributed by atoms with Gasteiger partial charge in [-0.05, 0) is 55.5 Å². The summed E-state index contributed by atoms with van der Waals surface area (Å²) in [7, 11) is 0. The van der Waals surface area contributed by atoms with E-state index in [1.54, 1.807) is 53.2 Å². The number of carbonyl (C=O) groups is 2. The largest absolute Gasteiger partial charge is 0.438 e. The number of fused-ring (bicyclic) bond motifs is 1. The maximum atomic E-state index is 13.0. The quantitative estimate of drug-likeness (QED) is 0.287. The molecule has 2 aromatic heterocycles. The van der Waals surface area contributed by atoms with E-state index in [0.29, 0.717) is 54.1 Å². The summed E-state index contributed by atoms with van der Waals surface area (Å²) < 4.78 is 12.8. The lowest BCUT2D eigenvalue weighted by atomic mass is 9.94. The molecule has 11 heteroatoms. The molecule has 3 heterocycles. The first-order chi connectivity index (χ1) is 20.0. The van der Waals surface area contributed by atoms with Gasteiger partial charge in [-0.3, -0.25) is 14.5 Å². The van der Waals surface area contributed by atoms with Gasteiger partial charge in [-0.2, -0.15) is 0 Å². The predicted octanol–water partition coefficient (Wildman–Crippen LogP) is 3.78. The molecule has 210 valence electrons. The Morgan fingerprint density at radius 2 is 1.88 bits per heavy atom. The summed E-state index contributed by atoms with van der Waals surface area (Å²) in [4.78, 5) is 36.0. The second-order valence-electron chi connectivity index (χ2n) is 10.4. The molecule has 1 aliphatic carbocycles. The second-order valence-corrected chi connectivity index (χ2v) is 10.4. The van der Waals surface area contributed by atoms with Crippen LogP contribution >= 0.6 is 0 Å².